The molecule has 3 N–H and O–H groups in total. The highest BCUT2D eigenvalue weighted by Crippen LogP contribution is 2.18. The highest BCUT2D eigenvalue weighted by atomic mass is 16.4. The van der Waals surface area contributed by atoms with Crippen LogP contribution in [0, 0.1) is 0 Å². The number of carbonyl (C=O) groups is 2. The summed E-state index contributed by atoms with van der Waals surface area (Å²) in [5, 5.41) is 14.8. The Kier molecular flexibility index (Phi) is 4.16. The van der Waals surface area contributed by atoms with E-state index in [0.717, 1.165) is 18.4 Å². The van der Waals surface area contributed by atoms with Crippen molar-refractivity contribution in [2.24, 2.45) is 0 Å². The Balaban J connectivity index is 1.80. The number of carbonyl (C=O) groups excluding carboxylic acids is 1. The van der Waals surface area contributed by atoms with Gasteiger partial charge in [0, 0.05) is 12.6 Å². The van der Waals surface area contributed by atoms with E-state index in [1.165, 1.54) is 0 Å². The molecule has 102 valence electrons. The molecule has 5 nitrogen and oxygen atoms in total. The Hall–Kier alpha value is -1.88. The van der Waals surface area contributed by atoms with Crippen LogP contribution in [0.25, 0.3) is 0 Å². The molecule has 1 saturated carbocycles. The maximum absolute atomic E-state index is 11.7. The summed E-state index contributed by atoms with van der Waals surface area (Å²) >= 11 is 0. The summed E-state index contributed by atoms with van der Waals surface area (Å²) in [5.41, 5.74) is 1.22. The second kappa shape index (κ2) is 5.84. The smallest absolute Gasteiger partial charge is 0.335 e. The van der Waals surface area contributed by atoms with Crippen LogP contribution in [0.2, 0.25) is 0 Å². The lowest BCUT2D eigenvalue weighted by Gasteiger charge is -2.13. The summed E-state index contributed by atoms with van der Waals surface area (Å²) in [6, 6.07) is 6.75. The lowest BCUT2D eigenvalue weighted by atomic mass is 10.1. The molecule has 2 rings (SSSR count). The molecule has 1 amide bonds. The van der Waals surface area contributed by atoms with Gasteiger partial charge in [-0.15, -0.1) is 0 Å². The van der Waals surface area contributed by atoms with Gasteiger partial charge in [-0.1, -0.05) is 12.1 Å². The molecule has 0 saturated heterocycles. The van der Waals surface area contributed by atoms with Crippen LogP contribution in [0.5, 0.6) is 0 Å². The maximum atomic E-state index is 11.7. The SMILES string of the molecule is CC(NCc1ccc(C(=O)O)cc1)C(=O)NC1CC1. The van der Waals surface area contributed by atoms with E-state index in [2.05, 4.69) is 10.6 Å². The first-order valence-electron chi connectivity index (χ1n) is 6.42. The Morgan fingerprint density at radius 2 is 1.95 bits per heavy atom. The van der Waals surface area contributed by atoms with E-state index < -0.39 is 5.97 Å². The molecule has 1 aromatic carbocycles. The Morgan fingerprint density at radius 1 is 1.32 bits per heavy atom. The lowest BCUT2D eigenvalue weighted by molar-refractivity contribution is -0.122. The highest BCUT2D eigenvalue weighted by Gasteiger charge is 2.25. The van der Waals surface area contributed by atoms with Gasteiger partial charge < -0.3 is 15.7 Å². The number of rotatable bonds is 6. The van der Waals surface area contributed by atoms with E-state index in [0.29, 0.717) is 12.6 Å². The van der Waals surface area contributed by atoms with Crippen LogP contribution in [-0.4, -0.2) is 29.1 Å². The zero-order valence-corrected chi connectivity index (χ0v) is 10.8. The van der Waals surface area contributed by atoms with Crippen LogP contribution in [-0.2, 0) is 11.3 Å². The first kappa shape index (κ1) is 13.5. The molecule has 0 heterocycles. The minimum absolute atomic E-state index is 0.0182. The average Bonchev–Trinajstić information content (AvgIpc) is 3.20. The first-order chi connectivity index (χ1) is 9.06. The summed E-state index contributed by atoms with van der Waals surface area (Å²) in [6.45, 7) is 2.36. The molecule has 0 bridgehead atoms. The normalized spacial score (nSPS) is 15.8. The van der Waals surface area contributed by atoms with Crippen molar-refractivity contribution in [2.75, 3.05) is 0 Å². The summed E-state index contributed by atoms with van der Waals surface area (Å²) in [5.74, 6) is -0.915. The molecule has 1 unspecified atom stereocenters. The van der Waals surface area contributed by atoms with Gasteiger partial charge in [0.2, 0.25) is 5.91 Å². The van der Waals surface area contributed by atoms with Gasteiger partial charge in [0.15, 0.2) is 0 Å². The molecule has 1 aliphatic carbocycles. The fourth-order valence-electron chi connectivity index (χ4n) is 1.68. The van der Waals surface area contributed by atoms with Gasteiger partial charge >= 0.3 is 5.97 Å². The number of hydrogen-bond donors (Lipinski definition) is 3. The van der Waals surface area contributed by atoms with E-state index in [4.69, 9.17) is 5.11 Å². The van der Waals surface area contributed by atoms with Gasteiger partial charge in [0.1, 0.15) is 0 Å². The lowest BCUT2D eigenvalue weighted by Crippen LogP contribution is -2.42. The minimum Gasteiger partial charge on any atom is -0.478 e. The number of amides is 1. The summed E-state index contributed by atoms with van der Waals surface area (Å²) in [6.07, 6.45) is 2.16. The van der Waals surface area contributed by atoms with Crippen molar-refractivity contribution in [3.05, 3.63) is 35.4 Å². The van der Waals surface area contributed by atoms with Crippen molar-refractivity contribution in [2.45, 2.75) is 38.4 Å². The molecular formula is C14H18N2O3. The summed E-state index contributed by atoms with van der Waals surface area (Å²) < 4.78 is 0. The fourth-order valence-corrected chi connectivity index (χ4v) is 1.68. The van der Waals surface area contributed by atoms with Crippen LogP contribution < -0.4 is 10.6 Å². The van der Waals surface area contributed by atoms with Gasteiger partial charge in [-0.2, -0.15) is 0 Å². The van der Waals surface area contributed by atoms with Crippen molar-refractivity contribution in [1.29, 1.82) is 0 Å². The zero-order chi connectivity index (χ0) is 13.8. The zero-order valence-electron chi connectivity index (χ0n) is 10.8. The molecule has 1 atom stereocenters. The number of carboxylic acid groups (broad SMARTS) is 1. The standard InChI is InChI=1S/C14H18N2O3/c1-9(13(17)16-12-6-7-12)15-8-10-2-4-11(5-3-10)14(18)19/h2-5,9,12,15H,6-8H2,1H3,(H,16,17)(H,18,19). The Labute approximate surface area is 112 Å². The van der Waals surface area contributed by atoms with Crippen LogP contribution in [0.4, 0.5) is 0 Å². The van der Waals surface area contributed by atoms with Gasteiger partial charge in [0.05, 0.1) is 11.6 Å². The highest BCUT2D eigenvalue weighted by molar-refractivity contribution is 5.87. The molecule has 0 aromatic heterocycles. The molecule has 0 aliphatic heterocycles. The van der Waals surface area contributed by atoms with Gasteiger partial charge in [-0.05, 0) is 37.5 Å². The Morgan fingerprint density at radius 3 is 2.47 bits per heavy atom. The molecule has 0 spiro atoms. The second-order valence-corrected chi connectivity index (χ2v) is 4.89. The summed E-state index contributed by atoms with van der Waals surface area (Å²) in [4.78, 5) is 22.4. The third-order valence-electron chi connectivity index (χ3n) is 3.13. The third kappa shape index (κ3) is 4.06. The largest absolute Gasteiger partial charge is 0.478 e. The molecule has 1 aromatic rings. The summed E-state index contributed by atoms with van der Waals surface area (Å²) in [7, 11) is 0. The molecule has 1 aliphatic rings. The molecule has 19 heavy (non-hydrogen) atoms. The van der Waals surface area contributed by atoms with Crippen molar-refractivity contribution < 1.29 is 14.7 Å². The van der Waals surface area contributed by atoms with Gasteiger partial charge in [-0.3, -0.25) is 4.79 Å². The predicted octanol–water partition coefficient (Wildman–Crippen LogP) is 1.14. The first-order valence-corrected chi connectivity index (χ1v) is 6.42. The van der Waals surface area contributed by atoms with Crippen molar-refractivity contribution in [3.8, 4) is 0 Å². The number of carboxylic acids is 1. The maximum Gasteiger partial charge on any atom is 0.335 e. The molecule has 5 heteroatoms. The van der Waals surface area contributed by atoms with E-state index >= 15 is 0 Å². The quantitative estimate of drug-likeness (QED) is 0.718. The van der Waals surface area contributed by atoms with E-state index in [9.17, 15) is 9.59 Å². The monoisotopic (exact) mass is 262 g/mol. The fraction of sp³-hybridized carbons (Fsp3) is 0.429. The van der Waals surface area contributed by atoms with Gasteiger partial charge in [0.25, 0.3) is 0 Å². The van der Waals surface area contributed by atoms with Crippen LogP contribution in [0.15, 0.2) is 24.3 Å². The van der Waals surface area contributed by atoms with Crippen LogP contribution in [0.1, 0.15) is 35.7 Å². The van der Waals surface area contributed by atoms with Crippen LogP contribution >= 0.6 is 0 Å². The molecular weight excluding hydrogens is 244 g/mol. The molecule has 1 fully saturated rings. The second-order valence-electron chi connectivity index (χ2n) is 4.89. The number of aromatic carboxylic acids is 1. The van der Waals surface area contributed by atoms with Crippen LogP contribution in [0.3, 0.4) is 0 Å². The van der Waals surface area contributed by atoms with E-state index in [1.54, 1.807) is 24.3 Å². The third-order valence-corrected chi connectivity index (χ3v) is 3.13. The average molecular weight is 262 g/mol. The number of nitrogens with one attached hydrogen (secondary N) is 2. The van der Waals surface area contributed by atoms with E-state index in [-0.39, 0.29) is 17.5 Å². The Bertz CT molecular complexity index is 466. The predicted molar refractivity (Wildman–Crippen MR) is 70.9 cm³/mol. The van der Waals surface area contributed by atoms with E-state index in [1.807, 2.05) is 6.92 Å². The van der Waals surface area contributed by atoms with Crippen molar-refractivity contribution in [1.82, 2.24) is 10.6 Å². The van der Waals surface area contributed by atoms with Crippen molar-refractivity contribution in [3.63, 3.8) is 0 Å². The minimum atomic E-state index is -0.934. The molecule has 0 radical (unpaired) electrons. The number of hydrogen-bond acceptors (Lipinski definition) is 3. The van der Waals surface area contributed by atoms with Gasteiger partial charge in [-0.25, -0.2) is 4.79 Å². The van der Waals surface area contributed by atoms with Crippen molar-refractivity contribution >= 4 is 11.9 Å². The number of benzene rings is 1. The topological polar surface area (TPSA) is 78.4 Å².